The molecule has 1 heterocycles. The van der Waals surface area contributed by atoms with Gasteiger partial charge in [-0.05, 0) is 18.6 Å². The highest BCUT2D eigenvalue weighted by Gasteiger charge is 2.20. The first-order valence-corrected chi connectivity index (χ1v) is 5.55. The van der Waals surface area contributed by atoms with Crippen LogP contribution in [0.25, 0.3) is 11.4 Å². The van der Waals surface area contributed by atoms with E-state index in [1.165, 1.54) is 13.2 Å². The van der Waals surface area contributed by atoms with Crippen molar-refractivity contribution in [1.29, 1.82) is 0 Å². The monoisotopic (exact) mass is 269 g/mol. The minimum absolute atomic E-state index is 0.0358. The van der Waals surface area contributed by atoms with Crippen molar-refractivity contribution < 1.29 is 14.4 Å². The molecule has 0 aliphatic heterocycles. The van der Waals surface area contributed by atoms with Crippen LogP contribution in [0.2, 0.25) is 5.02 Å². The number of ether oxygens (including phenoxy) is 1. The van der Waals surface area contributed by atoms with Gasteiger partial charge in [0, 0.05) is 5.56 Å². The fraction of sp³-hybridized carbons (Fsp3) is 0.273. The number of hydrogen-bond donors (Lipinski definition) is 2. The molecule has 2 aromatic rings. The summed E-state index contributed by atoms with van der Waals surface area (Å²) in [5.74, 6) is 0.770. The second kappa shape index (κ2) is 4.83. The predicted molar refractivity (Wildman–Crippen MR) is 65.6 cm³/mol. The molecule has 1 aromatic heterocycles. The number of methoxy groups -OCH3 is 1. The molecule has 0 saturated carbocycles. The van der Waals surface area contributed by atoms with E-state index in [-0.39, 0.29) is 23.1 Å². The van der Waals surface area contributed by atoms with E-state index in [0.717, 1.165) is 0 Å². The number of nitrogens with zero attached hydrogens (tertiary/aromatic N) is 2. The molecule has 0 saturated heterocycles. The molecule has 0 bridgehead atoms. The van der Waals surface area contributed by atoms with E-state index in [1.54, 1.807) is 6.92 Å². The van der Waals surface area contributed by atoms with Crippen LogP contribution in [0.3, 0.4) is 0 Å². The van der Waals surface area contributed by atoms with Crippen molar-refractivity contribution in [3.05, 3.63) is 22.5 Å². The Hall–Kier alpha value is -1.79. The van der Waals surface area contributed by atoms with E-state index in [0.29, 0.717) is 22.8 Å². The summed E-state index contributed by atoms with van der Waals surface area (Å²) in [5, 5.41) is 13.7. The largest absolute Gasteiger partial charge is 0.504 e. The molecule has 3 N–H and O–H groups in total. The lowest BCUT2D eigenvalue weighted by molar-refractivity contribution is 0.373. The molecule has 18 heavy (non-hydrogen) atoms. The standard InChI is InChI=1S/C11H12ClN3O3/c1-5-3-6(16)10(17-2)9(12)8(5)11-14-7(4-13)18-15-11/h3,16H,4,13H2,1-2H3. The summed E-state index contributed by atoms with van der Waals surface area (Å²) in [4.78, 5) is 4.10. The summed E-state index contributed by atoms with van der Waals surface area (Å²) in [6.07, 6.45) is 0. The van der Waals surface area contributed by atoms with Crippen molar-refractivity contribution in [2.75, 3.05) is 7.11 Å². The van der Waals surface area contributed by atoms with E-state index >= 15 is 0 Å². The van der Waals surface area contributed by atoms with E-state index in [9.17, 15) is 5.11 Å². The average molecular weight is 270 g/mol. The molecule has 96 valence electrons. The number of benzene rings is 1. The summed E-state index contributed by atoms with van der Waals surface area (Å²) < 4.78 is 9.97. The molecule has 0 atom stereocenters. The zero-order valence-corrected chi connectivity index (χ0v) is 10.7. The number of aromatic nitrogens is 2. The average Bonchev–Trinajstić information content (AvgIpc) is 2.77. The number of hydrogen-bond acceptors (Lipinski definition) is 6. The van der Waals surface area contributed by atoms with E-state index < -0.39 is 0 Å². The first-order chi connectivity index (χ1) is 8.58. The molecule has 0 aliphatic rings. The van der Waals surface area contributed by atoms with Gasteiger partial charge in [-0.15, -0.1) is 0 Å². The van der Waals surface area contributed by atoms with Gasteiger partial charge >= 0.3 is 0 Å². The fourth-order valence-corrected chi connectivity index (χ4v) is 2.06. The minimum Gasteiger partial charge on any atom is -0.504 e. The Labute approximate surface area is 108 Å². The highest BCUT2D eigenvalue weighted by Crippen LogP contribution is 2.42. The highest BCUT2D eigenvalue weighted by molar-refractivity contribution is 6.35. The van der Waals surface area contributed by atoms with Crippen molar-refractivity contribution in [3.63, 3.8) is 0 Å². The summed E-state index contributed by atoms with van der Waals surface area (Å²) in [5.41, 5.74) is 6.67. The predicted octanol–water partition coefficient (Wildman–Crippen LogP) is 1.87. The number of aryl methyl sites for hydroxylation is 1. The molecule has 0 amide bonds. The number of nitrogens with two attached hydrogens (primary N) is 1. The molecule has 2 rings (SSSR count). The maximum Gasteiger partial charge on any atom is 0.240 e. The van der Waals surface area contributed by atoms with Gasteiger partial charge in [0.25, 0.3) is 0 Å². The smallest absolute Gasteiger partial charge is 0.240 e. The molecule has 7 heteroatoms. The van der Waals surface area contributed by atoms with Crippen molar-refractivity contribution in [1.82, 2.24) is 10.1 Å². The number of aromatic hydroxyl groups is 1. The number of halogens is 1. The SMILES string of the molecule is COc1c(O)cc(C)c(-c2noc(CN)n2)c1Cl. The zero-order valence-electron chi connectivity index (χ0n) is 9.90. The molecule has 0 aliphatic carbocycles. The Balaban J connectivity index is 2.63. The lowest BCUT2D eigenvalue weighted by Gasteiger charge is -2.10. The molecular weight excluding hydrogens is 258 g/mol. The van der Waals surface area contributed by atoms with E-state index in [2.05, 4.69) is 10.1 Å². The Kier molecular flexibility index (Phi) is 3.40. The molecule has 0 fully saturated rings. The lowest BCUT2D eigenvalue weighted by Crippen LogP contribution is -1.96. The molecular formula is C11H12ClN3O3. The maximum absolute atomic E-state index is 9.70. The van der Waals surface area contributed by atoms with E-state index in [4.69, 9.17) is 26.6 Å². The van der Waals surface area contributed by atoms with Crippen molar-refractivity contribution in [2.24, 2.45) is 5.73 Å². The number of rotatable bonds is 3. The first kappa shape index (κ1) is 12.7. The second-order valence-corrected chi connectivity index (χ2v) is 4.03. The first-order valence-electron chi connectivity index (χ1n) is 5.17. The number of phenolic OH excluding ortho intramolecular Hbond substituents is 1. The van der Waals surface area contributed by atoms with Crippen LogP contribution in [0.5, 0.6) is 11.5 Å². The summed E-state index contributed by atoms with van der Waals surface area (Å²) >= 11 is 6.17. The lowest BCUT2D eigenvalue weighted by atomic mass is 10.1. The Morgan fingerprint density at radius 2 is 2.28 bits per heavy atom. The van der Waals surface area contributed by atoms with Gasteiger partial charge in [-0.2, -0.15) is 4.98 Å². The third-order valence-corrected chi connectivity index (χ3v) is 2.83. The van der Waals surface area contributed by atoms with Crippen LogP contribution in [0.4, 0.5) is 0 Å². The zero-order chi connectivity index (χ0) is 13.3. The van der Waals surface area contributed by atoms with Crippen LogP contribution in [-0.2, 0) is 6.54 Å². The summed E-state index contributed by atoms with van der Waals surface area (Å²) in [6.45, 7) is 1.93. The van der Waals surface area contributed by atoms with Crippen LogP contribution in [0.1, 0.15) is 11.5 Å². The molecule has 1 aromatic carbocycles. The highest BCUT2D eigenvalue weighted by atomic mass is 35.5. The van der Waals surface area contributed by atoms with Gasteiger partial charge in [0.1, 0.15) is 0 Å². The van der Waals surface area contributed by atoms with Crippen LogP contribution in [0.15, 0.2) is 10.6 Å². The van der Waals surface area contributed by atoms with Gasteiger partial charge in [-0.1, -0.05) is 16.8 Å². The van der Waals surface area contributed by atoms with Gasteiger partial charge < -0.3 is 20.1 Å². The van der Waals surface area contributed by atoms with Gasteiger partial charge in [-0.3, -0.25) is 0 Å². The molecule has 6 nitrogen and oxygen atoms in total. The summed E-state index contributed by atoms with van der Waals surface area (Å²) in [7, 11) is 1.42. The topological polar surface area (TPSA) is 94.4 Å². The van der Waals surface area contributed by atoms with Crippen LogP contribution in [0, 0.1) is 6.92 Å². The summed E-state index contributed by atoms with van der Waals surface area (Å²) in [6, 6.07) is 1.53. The van der Waals surface area contributed by atoms with Gasteiger partial charge in [0.15, 0.2) is 11.5 Å². The number of phenols is 1. The molecule has 0 spiro atoms. The third-order valence-electron chi connectivity index (χ3n) is 2.47. The molecule has 0 radical (unpaired) electrons. The van der Waals surface area contributed by atoms with Gasteiger partial charge in [-0.25, -0.2) is 0 Å². The Morgan fingerprint density at radius 3 is 2.83 bits per heavy atom. The van der Waals surface area contributed by atoms with Gasteiger partial charge in [0.05, 0.1) is 18.7 Å². The second-order valence-electron chi connectivity index (χ2n) is 3.65. The van der Waals surface area contributed by atoms with Crippen LogP contribution < -0.4 is 10.5 Å². The van der Waals surface area contributed by atoms with Crippen molar-refractivity contribution in [3.8, 4) is 22.9 Å². The van der Waals surface area contributed by atoms with Crippen molar-refractivity contribution >= 4 is 11.6 Å². The van der Waals surface area contributed by atoms with Gasteiger partial charge in [0.2, 0.25) is 11.7 Å². The van der Waals surface area contributed by atoms with Crippen LogP contribution >= 0.6 is 11.6 Å². The minimum atomic E-state index is -0.0358. The van der Waals surface area contributed by atoms with E-state index in [1.807, 2.05) is 0 Å². The maximum atomic E-state index is 9.70. The quantitative estimate of drug-likeness (QED) is 0.883. The van der Waals surface area contributed by atoms with Crippen molar-refractivity contribution in [2.45, 2.75) is 13.5 Å². The molecule has 0 unspecified atom stereocenters. The van der Waals surface area contributed by atoms with Crippen LogP contribution in [-0.4, -0.2) is 22.4 Å². The normalized spacial score (nSPS) is 10.7. The Morgan fingerprint density at radius 1 is 1.56 bits per heavy atom. The fourth-order valence-electron chi connectivity index (χ4n) is 1.65. The Bertz CT molecular complexity index is 583. The third kappa shape index (κ3) is 2.00.